The molecule has 1 aliphatic rings. The number of amides is 3. The molecule has 0 aliphatic heterocycles. The van der Waals surface area contributed by atoms with E-state index in [9.17, 15) is 14.4 Å². The van der Waals surface area contributed by atoms with E-state index < -0.39 is 29.7 Å². The van der Waals surface area contributed by atoms with Gasteiger partial charge in [-0.1, -0.05) is 49.2 Å². The summed E-state index contributed by atoms with van der Waals surface area (Å²) in [5.41, 5.74) is 1.85. The molecule has 2 aromatic carbocycles. The summed E-state index contributed by atoms with van der Waals surface area (Å²) < 4.78 is 5.36. The summed E-state index contributed by atoms with van der Waals surface area (Å²) >= 11 is 4.34. The van der Waals surface area contributed by atoms with Crippen LogP contribution < -0.4 is 10.6 Å². The maximum Gasteiger partial charge on any atom is 0.408 e. The standard InChI is InChI=1S/C29H35N3O4S/c1-7-20-13-9-10-14-21(20)25(26(33)30-22-15-11-8-12-18(22)2)32(24-16-19(24)3)27(34)23(17-37)31-28(35)36-29(4,5)6/h1,8-15,19,23-25,37H,16-17H2,2-6H3,(H,30,33)(H,31,35). The third kappa shape index (κ3) is 7.07. The molecule has 3 amide bonds. The van der Waals surface area contributed by atoms with Crippen LogP contribution in [0.2, 0.25) is 0 Å². The van der Waals surface area contributed by atoms with Crippen molar-refractivity contribution in [1.82, 2.24) is 10.2 Å². The molecular formula is C29H35N3O4S. The quantitative estimate of drug-likeness (QED) is 0.347. The van der Waals surface area contributed by atoms with Gasteiger partial charge < -0.3 is 20.3 Å². The Balaban J connectivity index is 2.04. The predicted octanol–water partition coefficient (Wildman–Crippen LogP) is 4.72. The zero-order chi connectivity index (χ0) is 27.3. The molecule has 7 nitrogen and oxygen atoms in total. The Labute approximate surface area is 224 Å². The average molecular weight is 522 g/mol. The topological polar surface area (TPSA) is 87.7 Å². The summed E-state index contributed by atoms with van der Waals surface area (Å²) in [7, 11) is 0. The zero-order valence-corrected chi connectivity index (χ0v) is 22.8. The summed E-state index contributed by atoms with van der Waals surface area (Å²) in [6.45, 7) is 9.14. The fourth-order valence-corrected chi connectivity index (χ4v) is 4.43. The molecule has 0 bridgehead atoms. The summed E-state index contributed by atoms with van der Waals surface area (Å²) in [6.07, 6.45) is 5.80. The van der Waals surface area contributed by atoms with Gasteiger partial charge in [-0.2, -0.15) is 12.6 Å². The van der Waals surface area contributed by atoms with Crippen LogP contribution in [-0.4, -0.2) is 46.2 Å². The largest absolute Gasteiger partial charge is 0.444 e. The molecule has 1 saturated carbocycles. The summed E-state index contributed by atoms with van der Waals surface area (Å²) in [4.78, 5) is 42.0. The average Bonchev–Trinajstić information content (AvgIpc) is 3.56. The third-order valence-electron chi connectivity index (χ3n) is 6.19. The van der Waals surface area contributed by atoms with E-state index in [1.807, 2.05) is 38.1 Å². The highest BCUT2D eigenvalue weighted by Gasteiger charge is 2.48. The molecule has 4 unspecified atom stereocenters. The monoisotopic (exact) mass is 521 g/mol. The Kier molecular flexibility index (Phi) is 8.93. The van der Waals surface area contributed by atoms with E-state index in [0.717, 1.165) is 12.0 Å². The molecule has 4 atom stereocenters. The van der Waals surface area contributed by atoms with Gasteiger partial charge in [-0.3, -0.25) is 9.59 Å². The van der Waals surface area contributed by atoms with Crippen LogP contribution in [-0.2, 0) is 14.3 Å². The fraction of sp³-hybridized carbons (Fsp3) is 0.414. The van der Waals surface area contributed by atoms with Crippen molar-refractivity contribution in [3.63, 3.8) is 0 Å². The molecule has 1 aliphatic carbocycles. The number of hydrogen-bond acceptors (Lipinski definition) is 5. The predicted molar refractivity (Wildman–Crippen MR) is 148 cm³/mol. The van der Waals surface area contributed by atoms with Crippen molar-refractivity contribution in [1.29, 1.82) is 0 Å². The first-order chi connectivity index (χ1) is 17.5. The van der Waals surface area contributed by atoms with Crippen molar-refractivity contribution in [3.05, 3.63) is 65.2 Å². The Morgan fingerprint density at radius 2 is 1.78 bits per heavy atom. The van der Waals surface area contributed by atoms with Crippen LogP contribution in [0, 0.1) is 25.2 Å². The fourth-order valence-electron chi connectivity index (χ4n) is 4.19. The molecule has 3 rings (SSSR count). The number of aryl methyl sites for hydroxylation is 1. The number of terminal acetylenes is 1. The number of benzene rings is 2. The van der Waals surface area contributed by atoms with E-state index in [2.05, 4.69) is 29.2 Å². The van der Waals surface area contributed by atoms with Crippen molar-refractivity contribution in [2.75, 3.05) is 11.1 Å². The first-order valence-corrected chi connectivity index (χ1v) is 12.9. The van der Waals surface area contributed by atoms with E-state index in [0.29, 0.717) is 16.8 Å². The van der Waals surface area contributed by atoms with Crippen LogP contribution in [0.1, 0.15) is 56.8 Å². The lowest BCUT2D eigenvalue weighted by Crippen LogP contribution is -2.54. The summed E-state index contributed by atoms with van der Waals surface area (Å²) in [5.74, 6) is 2.04. The maximum absolute atomic E-state index is 14.0. The van der Waals surface area contributed by atoms with Gasteiger partial charge in [-0.05, 0) is 63.3 Å². The second-order valence-corrected chi connectivity index (χ2v) is 10.7. The number of thiol groups is 1. The van der Waals surface area contributed by atoms with Crippen LogP contribution >= 0.6 is 12.6 Å². The maximum atomic E-state index is 14.0. The number of nitrogens with one attached hydrogen (secondary N) is 2. The zero-order valence-electron chi connectivity index (χ0n) is 21.9. The van der Waals surface area contributed by atoms with Gasteiger partial charge in [-0.25, -0.2) is 4.79 Å². The van der Waals surface area contributed by atoms with Crippen LogP contribution in [0.25, 0.3) is 0 Å². The van der Waals surface area contributed by atoms with Gasteiger partial charge in [0.2, 0.25) is 5.91 Å². The molecule has 8 heteroatoms. The summed E-state index contributed by atoms with van der Waals surface area (Å²) in [5, 5.41) is 5.62. The number of anilines is 1. The minimum absolute atomic E-state index is 0.0264. The van der Waals surface area contributed by atoms with Gasteiger partial charge in [0.25, 0.3) is 5.91 Å². The smallest absolute Gasteiger partial charge is 0.408 e. The van der Waals surface area contributed by atoms with Gasteiger partial charge in [0.1, 0.15) is 17.7 Å². The van der Waals surface area contributed by atoms with Crippen LogP contribution in [0.15, 0.2) is 48.5 Å². The van der Waals surface area contributed by atoms with E-state index in [-0.39, 0.29) is 23.6 Å². The molecule has 37 heavy (non-hydrogen) atoms. The van der Waals surface area contributed by atoms with E-state index >= 15 is 0 Å². The molecule has 196 valence electrons. The minimum atomic E-state index is -1.02. The molecule has 0 aromatic heterocycles. The Morgan fingerprint density at radius 1 is 1.16 bits per heavy atom. The van der Waals surface area contributed by atoms with Gasteiger partial charge in [0.15, 0.2) is 0 Å². The minimum Gasteiger partial charge on any atom is -0.444 e. The highest BCUT2D eigenvalue weighted by Crippen LogP contribution is 2.41. The Hall–Kier alpha value is -3.44. The van der Waals surface area contributed by atoms with E-state index in [1.54, 1.807) is 49.9 Å². The van der Waals surface area contributed by atoms with Crippen molar-refractivity contribution in [2.24, 2.45) is 5.92 Å². The molecular weight excluding hydrogens is 486 g/mol. The second kappa shape index (κ2) is 11.7. The number of hydrogen-bond donors (Lipinski definition) is 3. The molecule has 1 fully saturated rings. The highest BCUT2D eigenvalue weighted by atomic mass is 32.1. The van der Waals surface area contributed by atoms with Crippen molar-refractivity contribution >= 4 is 36.2 Å². The third-order valence-corrected chi connectivity index (χ3v) is 6.56. The van der Waals surface area contributed by atoms with Gasteiger partial charge in [-0.15, -0.1) is 6.42 Å². The lowest BCUT2D eigenvalue weighted by Gasteiger charge is -2.35. The molecule has 2 aromatic rings. The number of carbonyl (C=O) groups is 3. The van der Waals surface area contributed by atoms with Gasteiger partial charge in [0, 0.05) is 23.0 Å². The number of nitrogens with zero attached hydrogens (tertiary/aromatic N) is 1. The van der Waals surface area contributed by atoms with Crippen LogP contribution in [0.4, 0.5) is 10.5 Å². The molecule has 2 N–H and O–H groups in total. The number of ether oxygens (including phenoxy) is 1. The Bertz CT molecular complexity index is 1200. The molecule has 0 spiro atoms. The first kappa shape index (κ1) is 28.1. The van der Waals surface area contributed by atoms with E-state index in [4.69, 9.17) is 11.2 Å². The van der Waals surface area contributed by atoms with Crippen molar-refractivity contribution < 1.29 is 19.1 Å². The normalized spacial score (nSPS) is 18.1. The SMILES string of the molecule is C#Cc1ccccc1C(C(=O)Nc1ccccc1C)N(C(=O)C(CS)NC(=O)OC(C)(C)C)C1CC1C. The highest BCUT2D eigenvalue weighted by molar-refractivity contribution is 7.80. The second-order valence-electron chi connectivity index (χ2n) is 10.3. The summed E-state index contributed by atoms with van der Waals surface area (Å²) in [6, 6.07) is 12.3. The number of rotatable bonds is 8. The lowest BCUT2D eigenvalue weighted by atomic mass is 9.97. The molecule has 0 radical (unpaired) electrons. The molecule has 0 heterocycles. The van der Waals surface area contributed by atoms with Crippen LogP contribution in [0.5, 0.6) is 0 Å². The number of para-hydroxylation sites is 1. The Morgan fingerprint density at radius 3 is 2.35 bits per heavy atom. The van der Waals surface area contributed by atoms with E-state index in [1.165, 1.54) is 0 Å². The lowest BCUT2D eigenvalue weighted by molar-refractivity contribution is -0.141. The number of alkyl carbamates (subject to hydrolysis) is 1. The van der Waals surface area contributed by atoms with Gasteiger partial charge in [0.05, 0.1) is 0 Å². The van der Waals surface area contributed by atoms with Crippen molar-refractivity contribution in [2.45, 2.75) is 64.8 Å². The van der Waals surface area contributed by atoms with Gasteiger partial charge >= 0.3 is 6.09 Å². The number of carbonyl (C=O) groups excluding carboxylic acids is 3. The first-order valence-electron chi connectivity index (χ1n) is 12.3. The molecule has 0 saturated heterocycles. The van der Waals surface area contributed by atoms with Crippen LogP contribution in [0.3, 0.4) is 0 Å². The van der Waals surface area contributed by atoms with Crippen molar-refractivity contribution in [3.8, 4) is 12.3 Å².